The number of nitrogens with one attached hydrogen (secondary N) is 3. The molecule has 0 atom stereocenters. The molecule has 0 unspecified atom stereocenters. The Balaban J connectivity index is 1.54. The first-order valence-electron chi connectivity index (χ1n) is 11.7. The van der Waals surface area contributed by atoms with Crippen molar-refractivity contribution in [1.82, 2.24) is 20.2 Å². The summed E-state index contributed by atoms with van der Waals surface area (Å²) in [6.45, 7) is 13.6. The molecule has 1 amide bonds. The number of benzene rings is 1. The van der Waals surface area contributed by atoms with Crippen molar-refractivity contribution in [2.24, 2.45) is 0 Å². The van der Waals surface area contributed by atoms with Crippen LogP contribution in [0.3, 0.4) is 0 Å². The Hall–Kier alpha value is -3.11. The molecule has 3 N–H and O–H groups in total. The second-order valence-electron chi connectivity index (χ2n) is 10.0. The smallest absolute Gasteiger partial charge is 0.224 e. The highest BCUT2D eigenvalue weighted by atomic mass is 32.2. The van der Waals surface area contributed by atoms with Crippen LogP contribution in [-0.4, -0.2) is 50.4 Å². The van der Waals surface area contributed by atoms with Crippen LogP contribution in [0, 0.1) is 6.92 Å². The Morgan fingerprint density at radius 3 is 2.49 bits per heavy atom. The van der Waals surface area contributed by atoms with Crippen molar-refractivity contribution in [3.05, 3.63) is 42.1 Å². The van der Waals surface area contributed by atoms with Crippen LogP contribution >= 0.6 is 11.8 Å². The molecule has 0 saturated carbocycles. The molecule has 0 radical (unpaired) electrons. The summed E-state index contributed by atoms with van der Waals surface area (Å²) in [7, 11) is 0. The minimum atomic E-state index is -0.220. The van der Waals surface area contributed by atoms with Crippen LogP contribution in [0.1, 0.15) is 46.7 Å². The van der Waals surface area contributed by atoms with E-state index in [-0.39, 0.29) is 17.1 Å². The first kappa shape index (κ1) is 25.0. The van der Waals surface area contributed by atoms with Crippen LogP contribution in [0.5, 0.6) is 0 Å². The topological polar surface area (TPSA) is 108 Å². The van der Waals surface area contributed by atoms with Crippen LogP contribution in [-0.2, 0) is 9.53 Å². The Bertz CT molecular complexity index is 1180. The van der Waals surface area contributed by atoms with Crippen LogP contribution in [0.25, 0.3) is 0 Å². The van der Waals surface area contributed by atoms with Crippen LogP contribution < -0.4 is 15.5 Å². The van der Waals surface area contributed by atoms with Gasteiger partial charge in [0, 0.05) is 34.8 Å². The van der Waals surface area contributed by atoms with Gasteiger partial charge in [0.05, 0.1) is 18.7 Å². The van der Waals surface area contributed by atoms with Gasteiger partial charge in [0.1, 0.15) is 17.2 Å². The molecule has 4 rings (SSSR count). The van der Waals surface area contributed by atoms with Crippen LogP contribution in [0.2, 0.25) is 0 Å². The zero-order valence-electron chi connectivity index (χ0n) is 21.1. The third kappa shape index (κ3) is 6.73. The van der Waals surface area contributed by atoms with Crippen LogP contribution in [0.4, 0.5) is 23.1 Å². The lowest BCUT2D eigenvalue weighted by Gasteiger charge is -2.50. The van der Waals surface area contributed by atoms with E-state index in [1.54, 1.807) is 0 Å². The van der Waals surface area contributed by atoms with E-state index in [0.29, 0.717) is 23.2 Å². The number of carbonyl (C=O) groups excluding carboxylic acids is 1. The summed E-state index contributed by atoms with van der Waals surface area (Å²) < 4.78 is 6.26. The summed E-state index contributed by atoms with van der Waals surface area (Å²) in [6, 6.07) is 11.5. The van der Waals surface area contributed by atoms with Gasteiger partial charge in [-0.25, -0.2) is 9.97 Å². The summed E-state index contributed by atoms with van der Waals surface area (Å²) in [5, 5.41) is 14.0. The minimum absolute atomic E-state index is 0.0113. The Kier molecular flexibility index (Phi) is 7.05. The van der Waals surface area contributed by atoms with Gasteiger partial charge in [0.25, 0.3) is 0 Å². The van der Waals surface area contributed by atoms with Crippen molar-refractivity contribution in [3.8, 4) is 0 Å². The quantitative estimate of drug-likeness (QED) is 0.369. The number of rotatable bonds is 8. The number of nitrogens with zero attached hydrogens (tertiary/aromatic N) is 4. The van der Waals surface area contributed by atoms with Gasteiger partial charge in [-0.05, 0) is 70.6 Å². The Morgan fingerprint density at radius 1 is 1.17 bits per heavy atom. The van der Waals surface area contributed by atoms with Gasteiger partial charge in [-0.15, -0.1) is 0 Å². The maximum atomic E-state index is 11.6. The summed E-state index contributed by atoms with van der Waals surface area (Å²) >= 11 is 1.47. The maximum Gasteiger partial charge on any atom is 0.224 e. The largest absolute Gasteiger partial charge is 0.366 e. The first-order chi connectivity index (χ1) is 16.5. The number of hydrogen-bond acceptors (Lipinski definition) is 8. The maximum absolute atomic E-state index is 11.6. The molecule has 1 aliphatic heterocycles. The SMILES string of the molecule is CCC(=O)Nc1ccc(Sc2nc(Nc3cc(C)[nH]n3)cc(N3CC(C)(OC(C)(C)C)C3)n2)cc1. The summed E-state index contributed by atoms with van der Waals surface area (Å²) in [5.74, 6) is 2.19. The van der Waals surface area contributed by atoms with E-state index in [1.165, 1.54) is 11.8 Å². The van der Waals surface area contributed by atoms with Crippen molar-refractivity contribution in [3.63, 3.8) is 0 Å². The molecule has 35 heavy (non-hydrogen) atoms. The molecule has 1 fully saturated rings. The second kappa shape index (κ2) is 9.87. The van der Waals surface area contributed by atoms with Crippen LogP contribution in [0.15, 0.2) is 46.5 Å². The fourth-order valence-electron chi connectivity index (χ4n) is 3.99. The van der Waals surface area contributed by atoms with Crippen molar-refractivity contribution in [2.75, 3.05) is 28.6 Å². The van der Waals surface area contributed by atoms with E-state index in [2.05, 4.69) is 53.4 Å². The number of aromatic nitrogens is 4. The normalized spacial score (nSPS) is 15.0. The fraction of sp³-hybridized carbons (Fsp3) is 0.440. The zero-order valence-corrected chi connectivity index (χ0v) is 21.9. The summed E-state index contributed by atoms with van der Waals surface area (Å²) in [6.07, 6.45) is 0.443. The molecule has 186 valence electrons. The number of H-pyrrole nitrogens is 1. The Morgan fingerprint density at radius 2 is 1.89 bits per heavy atom. The van der Waals surface area contributed by atoms with Gasteiger partial charge >= 0.3 is 0 Å². The van der Waals surface area contributed by atoms with E-state index < -0.39 is 0 Å². The molecule has 1 saturated heterocycles. The average molecular weight is 496 g/mol. The third-order valence-electron chi connectivity index (χ3n) is 5.25. The van der Waals surface area contributed by atoms with Crippen molar-refractivity contribution in [2.45, 2.75) is 69.2 Å². The second-order valence-corrected chi connectivity index (χ2v) is 11.0. The monoisotopic (exact) mass is 495 g/mol. The highest BCUT2D eigenvalue weighted by Crippen LogP contribution is 2.35. The summed E-state index contributed by atoms with van der Waals surface area (Å²) in [4.78, 5) is 24.4. The number of aryl methyl sites for hydroxylation is 1. The number of anilines is 4. The first-order valence-corrected chi connectivity index (χ1v) is 12.5. The highest BCUT2D eigenvalue weighted by Gasteiger charge is 2.43. The lowest BCUT2D eigenvalue weighted by atomic mass is 9.95. The van der Waals surface area contributed by atoms with E-state index in [9.17, 15) is 4.79 Å². The number of aromatic amines is 1. The zero-order chi connectivity index (χ0) is 25.2. The van der Waals surface area contributed by atoms with Gasteiger partial charge in [0.2, 0.25) is 5.91 Å². The fourth-order valence-corrected chi connectivity index (χ4v) is 4.75. The molecule has 3 heterocycles. The lowest BCUT2D eigenvalue weighted by Crippen LogP contribution is -2.63. The van der Waals surface area contributed by atoms with Gasteiger partial charge in [0.15, 0.2) is 11.0 Å². The average Bonchev–Trinajstić information content (AvgIpc) is 3.16. The third-order valence-corrected chi connectivity index (χ3v) is 6.12. The molecule has 0 spiro atoms. The van der Waals surface area contributed by atoms with Gasteiger partial charge in [-0.1, -0.05) is 6.92 Å². The molecule has 3 aromatic rings. The van der Waals surface area contributed by atoms with E-state index >= 15 is 0 Å². The molecule has 9 nitrogen and oxygen atoms in total. The molecule has 0 aliphatic carbocycles. The minimum Gasteiger partial charge on any atom is -0.366 e. The van der Waals surface area contributed by atoms with Crippen molar-refractivity contribution in [1.29, 1.82) is 0 Å². The number of amides is 1. The van der Waals surface area contributed by atoms with E-state index in [4.69, 9.17) is 14.7 Å². The van der Waals surface area contributed by atoms with E-state index in [1.807, 2.05) is 50.2 Å². The molecule has 10 heteroatoms. The molecule has 1 aliphatic rings. The van der Waals surface area contributed by atoms with Crippen molar-refractivity contribution >= 4 is 40.8 Å². The van der Waals surface area contributed by atoms with Gasteiger partial charge in [-0.2, -0.15) is 5.10 Å². The standard InChI is InChI=1S/C25H33N7O2S/c1-7-22(33)26-17-8-10-18(11-9-17)35-23-28-19(27-20-12-16(2)30-31-20)13-21(29-23)32-14-25(6,15-32)34-24(3,4)5/h8-13H,7,14-15H2,1-6H3,(H,26,33)(H2,27,28,29,30,31). The Labute approximate surface area is 210 Å². The predicted octanol–water partition coefficient (Wildman–Crippen LogP) is 5.15. The van der Waals surface area contributed by atoms with Crippen molar-refractivity contribution < 1.29 is 9.53 Å². The number of ether oxygens (including phenoxy) is 1. The number of carbonyl (C=O) groups is 1. The van der Waals surface area contributed by atoms with Gasteiger partial charge in [-0.3, -0.25) is 9.89 Å². The number of hydrogen-bond donors (Lipinski definition) is 3. The molecule has 1 aromatic carbocycles. The predicted molar refractivity (Wildman–Crippen MR) is 140 cm³/mol. The molecular weight excluding hydrogens is 462 g/mol. The molecule has 2 aromatic heterocycles. The highest BCUT2D eigenvalue weighted by molar-refractivity contribution is 7.99. The van der Waals surface area contributed by atoms with Gasteiger partial charge < -0.3 is 20.3 Å². The summed E-state index contributed by atoms with van der Waals surface area (Å²) in [5.41, 5.74) is 1.30. The molecular formula is C25H33N7O2S. The van der Waals surface area contributed by atoms with E-state index in [0.717, 1.165) is 35.2 Å². The molecule has 0 bridgehead atoms. The lowest BCUT2D eigenvalue weighted by molar-refractivity contribution is -0.134.